The van der Waals surface area contributed by atoms with Crippen LogP contribution in [-0.4, -0.2) is 28.2 Å². The van der Waals surface area contributed by atoms with Crippen molar-refractivity contribution >= 4 is 11.7 Å². The second-order valence-electron chi connectivity index (χ2n) is 3.95. The number of ether oxygens (including phenoxy) is 2. The maximum absolute atomic E-state index is 11.4. The van der Waals surface area contributed by atoms with Crippen LogP contribution in [0.5, 0.6) is 17.4 Å². The van der Waals surface area contributed by atoms with Crippen LogP contribution < -0.4 is 10.5 Å². The number of aromatic hydroxyl groups is 1. The Balaban J connectivity index is 2.36. The third-order valence-electron chi connectivity index (χ3n) is 2.46. The largest absolute Gasteiger partial charge is 0.506 e. The molecule has 1 aromatic heterocycles. The molecule has 1 heterocycles. The summed E-state index contributed by atoms with van der Waals surface area (Å²) in [6.07, 6.45) is 0. The lowest BCUT2D eigenvalue weighted by atomic mass is 10.3. The summed E-state index contributed by atoms with van der Waals surface area (Å²) in [4.78, 5) is 19.3. The molecule has 2 rings (SSSR count). The summed E-state index contributed by atoms with van der Waals surface area (Å²) in [6, 6.07) is 6.13. The number of aryl methyl sites for hydroxylation is 1. The van der Waals surface area contributed by atoms with Crippen LogP contribution in [0.1, 0.15) is 16.3 Å². The number of rotatable bonds is 3. The minimum absolute atomic E-state index is 0.0865. The summed E-state index contributed by atoms with van der Waals surface area (Å²) in [5, 5.41) is 9.50. The lowest BCUT2D eigenvalue weighted by Gasteiger charge is -2.09. The molecular formula is C13H13N3O4. The molecule has 0 saturated carbocycles. The number of methoxy groups -OCH3 is 1. The number of aromatic nitrogens is 2. The number of nitrogens with zero attached hydrogens (tertiary/aromatic N) is 2. The molecule has 1 aromatic carbocycles. The van der Waals surface area contributed by atoms with Crippen molar-refractivity contribution in [1.29, 1.82) is 0 Å². The Labute approximate surface area is 115 Å². The van der Waals surface area contributed by atoms with Gasteiger partial charge in [-0.15, -0.1) is 0 Å². The van der Waals surface area contributed by atoms with Crippen molar-refractivity contribution in [1.82, 2.24) is 9.97 Å². The Kier molecular flexibility index (Phi) is 3.69. The Morgan fingerprint density at radius 1 is 1.35 bits per heavy atom. The highest BCUT2D eigenvalue weighted by Gasteiger charge is 2.14. The zero-order chi connectivity index (χ0) is 14.7. The standard InChI is InChI=1S/C13H13N3O4/c1-7-6-10(16-12(15-7)13(18)19-2)20-9-5-3-4-8(17)11(9)14/h3-6,17H,14H2,1-2H3. The van der Waals surface area contributed by atoms with Gasteiger partial charge in [0.1, 0.15) is 11.4 Å². The Morgan fingerprint density at radius 3 is 2.80 bits per heavy atom. The predicted octanol–water partition coefficient (Wildman–Crippen LogP) is 1.65. The number of carbonyl (C=O) groups excluding carboxylic acids is 1. The monoisotopic (exact) mass is 275 g/mol. The Hall–Kier alpha value is -2.83. The maximum Gasteiger partial charge on any atom is 0.376 e. The first-order chi connectivity index (χ1) is 9.51. The molecule has 0 radical (unpaired) electrons. The molecule has 104 valence electrons. The summed E-state index contributed by atoms with van der Waals surface area (Å²) in [5.74, 6) is -0.501. The number of hydrogen-bond donors (Lipinski definition) is 2. The van der Waals surface area contributed by atoms with Crippen LogP contribution in [0.25, 0.3) is 0 Å². The van der Waals surface area contributed by atoms with Crippen molar-refractivity contribution in [2.45, 2.75) is 6.92 Å². The number of esters is 1. The number of carbonyl (C=O) groups is 1. The van der Waals surface area contributed by atoms with Gasteiger partial charge in [-0.3, -0.25) is 0 Å². The van der Waals surface area contributed by atoms with E-state index in [1.54, 1.807) is 19.1 Å². The number of nitrogens with two attached hydrogens (primary N) is 1. The Morgan fingerprint density at radius 2 is 2.10 bits per heavy atom. The van der Waals surface area contributed by atoms with Gasteiger partial charge in [0.2, 0.25) is 11.7 Å². The van der Waals surface area contributed by atoms with Gasteiger partial charge in [-0.05, 0) is 19.1 Å². The van der Waals surface area contributed by atoms with Gasteiger partial charge in [-0.1, -0.05) is 6.07 Å². The van der Waals surface area contributed by atoms with E-state index in [2.05, 4.69) is 14.7 Å². The first-order valence-electron chi connectivity index (χ1n) is 5.70. The van der Waals surface area contributed by atoms with E-state index in [1.165, 1.54) is 19.2 Å². The Bertz CT molecular complexity index is 658. The van der Waals surface area contributed by atoms with Crippen molar-refractivity contribution in [3.05, 3.63) is 35.8 Å². The summed E-state index contributed by atoms with van der Waals surface area (Å²) >= 11 is 0. The third-order valence-corrected chi connectivity index (χ3v) is 2.46. The normalized spacial score (nSPS) is 10.1. The highest BCUT2D eigenvalue weighted by Crippen LogP contribution is 2.32. The summed E-state index contributed by atoms with van der Waals surface area (Å²) in [6.45, 7) is 1.69. The molecule has 0 unspecified atom stereocenters. The molecule has 2 aromatic rings. The van der Waals surface area contributed by atoms with E-state index in [-0.39, 0.29) is 28.9 Å². The van der Waals surface area contributed by atoms with Crippen LogP contribution in [-0.2, 0) is 4.74 Å². The van der Waals surface area contributed by atoms with Gasteiger partial charge in [-0.2, -0.15) is 4.98 Å². The highest BCUT2D eigenvalue weighted by molar-refractivity contribution is 5.85. The second-order valence-corrected chi connectivity index (χ2v) is 3.95. The first-order valence-corrected chi connectivity index (χ1v) is 5.70. The number of anilines is 1. The van der Waals surface area contributed by atoms with Gasteiger partial charge in [0, 0.05) is 11.8 Å². The van der Waals surface area contributed by atoms with Crippen molar-refractivity contribution in [3.8, 4) is 17.4 Å². The molecule has 0 atom stereocenters. The molecule has 0 aliphatic carbocycles. The molecule has 0 bridgehead atoms. The van der Waals surface area contributed by atoms with Crippen molar-refractivity contribution in [3.63, 3.8) is 0 Å². The van der Waals surface area contributed by atoms with E-state index < -0.39 is 5.97 Å². The molecule has 20 heavy (non-hydrogen) atoms. The topological polar surface area (TPSA) is 108 Å². The molecule has 3 N–H and O–H groups in total. The van der Waals surface area contributed by atoms with E-state index in [4.69, 9.17) is 10.5 Å². The first kappa shape index (κ1) is 13.6. The average Bonchev–Trinajstić information content (AvgIpc) is 2.42. The number of nitrogen functional groups attached to an aromatic ring is 1. The predicted molar refractivity (Wildman–Crippen MR) is 70.7 cm³/mol. The summed E-state index contributed by atoms with van der Waals surface area (Å²) in [5.41, 5.74) is 6.31. The van der Waals surface area contributed by atoms with Crippen LogP contribution >= 0.6 is 0 Å². The fraction of sp³-hybridized carbons (Fsp3) is 0.154. The third kappa shape index (κ3) is 2.77. The van der Waals surface area contributed by atoms with Gasteiger partial charge in [-0.25, -0.2) is 9.78 Å². The number of hydrogen-bond acceptors (Lipinski definition) is 7. The summed E-state index contributed by atoms with van der Waals surface area (Å²) < 4.78 is 10.0. The zero-order valence-electron chi connectivity index (χ0n) is 11.0. The van der Waals surface area contributed by atoms with E-state index in [0.717, 1.165) is 0 Å². The second kappa shape index (κ2) is 5.43. The molecule has 7 nitrogen and oxygen atoms in total. The van der Waals surface area contributed by atoms with Crippen molar-refractivity contribution < 1.29 is 19.4 Å². The van der Waals surface area contributed by atoms with Crippen LogP contribution in [0, 0.1) is 6.92 Å². The van der Waals surface area contributed by atoms with E-state index >= 15 is 0 Å². The van der Waals surface area contributed by atoms with Gasteiger partial charge in [0.05, 0.1) is 7.11 Å². The van der Waals surface area contributed by atoms with Gasteiger partial charge >= 0.3 is 5.97 Å². The fourth-order valence-corrected chi connectivity index (χ4v) is 1.51. The molecule has 0 spiro atoms. The van der Waals surface area contributed by atoms with Crippen molar-refractivity contribution in [2.75, 3.05) is 12.8 Å². The minimum Gasteiger partial charge on any atom is -0.506 e. The number of phenols is 1. The van der Waals surface area contributed by atoms with E-state index in [1.807, 2.05) is 0 Å². The highest BCUT2D eigenvalue weighted by atomic mass is 16.5. The van der Waals surface area contributed by atoms with Crippen LogP contribution in [0.3, 0.4) is 0 Å². The minimum atomic E-state index is -0.664. The number of benzene rings is 1. The van der Waals surface area contributed by atoms with Gasteiger partial charge in [0.15, 0.2) is 5.75 Å². The zero-order valence-corrected chi connectivity index (χ0v) is 11.0. The van der Waals surface area contributed by atoms with E-state index in [0.29, 0.717) is 5.69 Å². The number of phenolic OH excluding ortho intramolecular Hbond substituents is 1. The summed E-state index contributed by atoms with van der Waals surface area (Å²) in [7, 11) is 1.24. The van der Waals surface area contributed by atoms with Gasteiger partial charge in [0.25, 0.3) is 0 Å². The van der Waals surface area contributed by atoms with Crippen LogP contribution in [0.4, 0.5) is 5.69 Å². The number of para-hydroxylation sites is 1. The molecular weight excluding hydrogens is 262 g/mol. The van der Waals surface area contributed by atoms with Crippen LogP contribution in [0.15, 0.2) is 24.3 Å². The lowest BCUT2D eigenvalue weighted by Crippen LogP contribution is -2.09. The lowest BCUT2D eigenvalue weighted by molar-refractivity contribution is 0.0585. The molecule has 0 aliphatic rings. The molecule has 0 saturated heterocycles. The smallest absolute Gasteiger partial charge is 0.376 e. The average molecular weight is 275 g/mol. The van der Waals surface area contributed by atoms with Crippen molar-refractivity contribution in [2.24, 2.45) is 0 Å². The maximum atomic E-state index is 11.4. The van der Waals surface area contributed by atoms with Crippen LogP contribution in [0.2, 0.25) is 0 Å². The molecule has 0 aliphatic heterocycles. The fourth-order valence-electron chi connectivity index (χ4n) is 1.51. The molecule has 0 amide bonds. The van der Waals surface area contributed by atoms with Gasteiger partial charge < -0.3 is 20.3 Å². The SMILES string of the molecule is COC(=O)c1nc(C)cc(Oc2cccc(O)c2N)n1. The molecule has 0 fully saturated rings. The van der Waals surface area contributed by atoms with E-state index in [9.17, 15) is 9.90 Å². The quantitative estimate of drug-likeness (QED) is 0.498. The molecule has 7 heteroatoms.